The summed E-state index contributed by atoms with van der Waals surface area (Å²) >= 11 is 0. The van der Waals surface area contributed by atoms with E-state index in [1.165, 1.54) is 32.1 Å². The molecular weight excluding hydrogens is 324 g/mol. The normalized spacial score (nSPS) is 16.4. The van der Waals surface area contributed by atoms with Crippen LogP contribution in [0.15, 0.2) is 30.3 Å². The van der Waals surface area contributed by atoms with Gasteiger partial charge in [0.05, 0.1) is 12.2 Å². The average molecular weight is 354 g/mol. The van der Waals surface area contributed by atoms with Gasteiger partial charge in [-0.2, -0.15) is 5.10 Å². The maximum absolute atomic E-state index is 12.6. The topological polar surface area (TPSA) is 72.9 Å². The molecule has 3 rings (SSSR count). The van der Waals surface area contributed by atoms with Crippen molar-refractivity contribution in [2.75, 3.05) is 6.54 Å². The third kappa shape index (κ3) is 4.52. The Balaban J connectivity index is 1.61. The van der Waals surface area contributed by atoms with Crippen molar-refractivity contribution in [2.45, 2.75) is 58.5 Å². The van der Waals surface area contributed by atoms with E-state index in [2.05, 4.69) is 23.4 Å². The number of nitrogens with zero attached hydrogens (tertiary/aromatic N) is 2. The van der Waals surface area contributed by atoms with Gasteiger partial charge in [-0.15, -0.1) is 0 Å². The number of rotatable bonds is 6. The van der Waals surface area contributed by atoms with E-state index in [-0.39, 0.29) is 11.9 Å². The molecule has 1 aliphatic carbocycles. The summed E-state index contributed by atoms with van der Waals surface area (Å²) in [7, 11) is 0. The molecule has 0 bridgehead atoms. The molecule has 26 heavy (non-hydrogen) atoms. The number of carbonyl (C=O) groups excluding carboxylic acids is 1. The fourth-order valence-electron chi connectivity index (χ4n) is 3.93. The molecule has 1 saturated carbocycles. The largest absolute Gasteiger partial charge is 0.348 e. The van der Waals surface area contributed by atoms with Gasteiger partial charge >= 0.3 is 0 Å². The van der Waals surface area contributed by atoms with Crippen LogP contribution in [0.3, 0.4) is 0 Å². The van der Waals surface area contributed by atoms with Gasteiger partial charge in [0.25, 0.3) is 5.91 Å². The number of hydrogen-bond acceptors (Lipinski definition) is 3. The molecule has 1 amide bonds. The molecule has 1 aliphatic rings. The number of aryl methyl sites for hydroxylation is 2. The summed E-state index contributed by atoms with van der Waals surface area (Å²) in [5, 5.41) is 7.64. The van der Waals surface area contributed by atoms with E-state index >= 15 is 0 Å². The van der Waals surface area contributed by atoms with Crippen molar-refractivity contribution in [3.05, 3.63) is 52.8 Å². The second kappa shape index (κ2) is 8.49. The lowest BCUT2D eigenvalue weighted by Gasteiger charge is -2.30. The average Bonchev–Trinajstić information content (AvgIpc) is 2.97. The van der Waals surface area contributed by atoms with E-state index in [4.69, 9.17) is 5.73 Å². The molecule has 140 valence electrons. The summed E-state index contributed by atoms with van der Waals surface area (Å²) < 4.78 is 1.98. The van der Waals surface area contributed by atoms with Gasteiger partial charge in [0.2, 0.25) is 0 Å². The van der Waals surface area contributed by atoms with E-state index in [1.807, 2.05) is 35.9 Å². The van der Waals surface area contributed by atoms with Crippen molar-refractivity contribution in [1.82, 2.24) is 15.1 Å². The molecular formula is C21H30N4O. The van der Waals surface area contributed by atoms with Gasteiger partial charge in [-0.3, -0.25) is 9.48 Å². The Morgan fingerprint density at radius 3 is 2.50 bits per heavy atom. The molecule has 1 aromatic carbocycles. The van der Waals surface area contributed by atoms with Crippen LogP contribution >= 0.6 is 0 Å². The summed E-state index contributed by atoms with van der Waals surface area (Å²) in [6.45, 7) is 5.28. The summed E-state index contributed by atoms with van der Waals surface area (Å²) in [6, 6.07) is 9.94. The lowest BCUT2D eigenvalue weighted by Crippen LogP contribution is -2.45. The highest BCUT2D eigenvalue weighted by Crippen LogP contribution is 2.26. The molecule has 0 radical (unpaired) electrons. The first-order valence-electron chi connectivity index (χ1n) is 9.67. The van der Waals surface area contributed by atoms with Gasteiger partial charge in [-0.25, -0.2) is 0 Å². The first-order chi connectivity index (χ1) is 12.6. The molecule has 0 saturated heterocycles. The van der Waals surface area contributed by atoms with Crippen LogP contribution < -0.4 is 11.1 Å². The van der Waals surface area contributed by atoms with E-state index in [9.17, 15) is 4.79 Å². The minimum Gasteiger partial charge on any atom is -0.348 e. The predicted octanol–water partition coefficient (Wildman–Crippen LogP) is 3.19. The van der Waals surface area contributed by atoms with Gasteiger partial charge < -0.3 is 11.1 Å². The van der Waals surface area contributed by atoms with Crippen LogP contribution in [-0.4, -0.2) is 28.3 Å². The zero-order valence-electron chi connectivity index (χ0n) is 15.9. The molecule has 0 spiro atoms. The monoisotopic (exact) mass is 354 g/mol. The number of amides is 1. The van der Waals surface area contributed by atoms with Gasteiger partial charge in [-0.1, -0.05) is 31.4 Å². The van der Waals surface area contributed by atoms with Gasteiger partial charge in [0.15, 0.2) is 0 Å². The predicted molar refractivity (Wildman–Crippen MR) is 104 cm³/mol. The van der Waals surface area contributed by atoms with Crippen LogP contribution in [0.25, 0.3) is 0 Å². The van der Waals surface area contributed by atoms with Crippen LogP contribution in [0.5, 0.6) is 0 Å². The third-order valence-electron chi connectivity index (χ3n) is 5.44. The molecule has 5 nitrogen and oxygen atoms in total. The third-order valence-corrected chi connectivity index (χ3v) is 5.44. The van der Waals surface area contributed by atoms with E-state index in [1.54, 1.807) is 0 Å². The molecule has 1 aromatic heterocycles. The Labute approximate surface area is 156 Å². The minimum absolute atomic E-state index is 0.0244. The van der Waals surface area contributed by atoms with Crippen LogP contribution in [0, 0.1) is 19.8 Å². The smallest absolute Gasteiger partial charge is 0.251 e. The number of aromatic nitrogens is 2. The van der Waals surface area contributed by atoms with Crippen molar-refractivity contribution in [3.8, 4) is 0 Å². The number of benzene rings is 1. The van der Waals surface area contributed by atoms with Crippen LogP contribution in [-0.2, 0) is 6.54 Å². The van der Waals surface area contributed by atoms with Crippen molar-refractivity contribution < 1.29 is 4.79 Å². The summed E-state index contributed by atoms with van der Waals surface area (Å²) in [4.78, 5) is 12.6. The fraction of sp³-hybridized carbons (Fsp3) is 0.524. The molecule has 0 aliphatic heterocycles. The SMILES string of the molecule is Cc1cc(C)n(Cc2ccc(C(=O)NC(CN)C3CCCCC3)cc2)n1. The van der Waals surface area contributed by atoms with Crippen molar-refractivity contribution in [1.29, 1.82) is 0 Å². The van der Waals surface area contributed by atoms with Crippen LogP contribution in [0.2, 0.25) is 0 Å². The standard InChI is InChI=1S/C21H30N4O/c1-15-12-16(2)25(24-15)14-17-8-10-19(11-9-17)21(26)23-20(13-22)18-6-4-3-5-7-18/h8-12,18,20H,3-7,13-14,22H2,1-2H3,(H,23,26). The highest BCUT2D eigenvalue weighted by Gasteiger charge is 2.24. The molecule has 1 heterocycles. The highest BCUT2D eigenvalue weighted by atomic mass is 16.1. The van der Waals surface area contributed by atoms with Gasteiger partial charge in [0, 0.05) is 23.8 Å². The molecule has 3 N–H and O–H groups in total. The van der Waals surface area contributed by atoms with Crippen molar-refractivity contribution in [3.63, 3.8) is 0 Å². The minimum atomic E-state index is -0.0244. The Morgan fingerprint density at radius 1 is 1.23 bits per heavy atom. The highest BCUT2D eigenvalue weighted by molar-refractivity contribution is 5.94. The fourth-order valence-corrected chi connectivity index (χ4v) is 3.93. The second-order valence-electron chi connectivity index (χ2n) is 7.50. The summed E-state index contributed by atoms with van der Waals surface area (Å²) in [6.07, 6.45) is 6.14. The molecule has 1 atom stereocenters. The number of carbonyl (C=O) groups is 1. The van der Waals surface area contributed by atoms with Crippen molar-refractivity contribution in [2.24, 2.45) is 11.7 Å². The molecule has 1 fully saturated rings. The molecule has 1 unspecified atom stereocenters. The van der Waals surface area contributed by atoms with E-state index in [0.29, 0.717) is 18.0 Å². The molecule has 2 aromatic rings. The quantitative estimate of drug-likeness (QED) is 0.837. The Hall–Kier alpha value is -2.14. The van der Waals surface area contributed by atoms with E-state index < -0.39 is 0 Å². The second-order valence-corrected chi connectivity index (χ2v) is 7.50. The maximum Gasteiger partial charge on any atom is 0.251 e. The number of nitrogens with one attached hydrogen (secondary N) is 1. The first kappa shape index (κ1) is 18.6. The lowest BCUT2D eigenvalue weighted by molar-refractivity contribution is 0.0915. The van der Waals surface area contributed by atoms with Gasteiger partial charge in [-0.05, 0) is 56.4 Å². The van der Waals surface area contributed by atoms with E-state index in [0.717, 1.165) is 23.5 Å². The van der Waals surface area contributed by atoms with Gasteiger partial charge in [0.1, 0.15) is 0 Å². The number of hydrogen-bond donors (Lipinski definition) is 2. The lowest BCUT2D eigenvalue weighted by atomic mass is 9.84. The Bertz CT molecular complexity index is 729. The molecule has 5 heteroatoms. The summed E-state index contributed by atoms with van der Waals surface area (Å²) in [5.41, 5.74) is 9.92. The summed E-state index contributed by atoms with van der Waals surface area (Å²) in [5.74, 6) is 0.492. The Morgan fingerprint density at radius 2 is 1.92 bits per heavy atom. The zero-order valence-corrected chi connectivity index (χ0v) is 15.9. The van der Waals surface area contributed by atoms with Crippen LogP contribution in [0.1, 0.15) is 59.4 Å². The van der Waals surface area contributed by atoms with Crippen LogP contribution in [0.4, 0.5) is 0 Å². The zero-order chi connectivity index (χ0) is 18.5. The number of nitrogens with two attached hydrogens (primary N) is 1. The first-order valence-corrected chi connectivity index (χ1v) is 9.67. The Kier molecular flexibility index (Phi) is 6.09. The van der Waals surface area contributed by atoms with Crippen molar-refractivity contribution >= 4 is 5.91 Å². The maximum atomic E-state index is 12.6.